The molecule has 0 aromatic heterocycles. The van der Waals surface area contributed by atoms with Gasteiger partial charge in [0.05, 0.1) is 31.3 Å². The molecule has 234 valence electrons. The summed E-state index contributed by atoms with van der Waals surface area (Å²) in [5.74, 6) is 1.17. The lowest BCUT2D eigenvalue weighted by Crippen LogP contribution is -2.47. The van der Waals surface area contributed by atoms with Crippen LogP contribution >= 0.6 is 11.6 Å². The van der Waals surface area contributed by atoms with Crippen LogP contribution in [0.2, 0.25) is 5.02 Å². The van der Waals surface area contributed by atoms with Crippen molar-refractivity contribution >= 4 is 29.2 Å². The molecule has 3 amide bonds. The van der Waals surface area contributed by atoms with Crippen LogP contribution in [0.25, 0.3) is 0 Å². The number of carbonyl (C=O) groups excluding carboxylic acids is 2. The molecule has 2 heterocycles. The van der Waals surface area contributed by atoms with Gasteiger partial charge in [0.1, 0.15) is 0 Å². The molecule has 3 aromatic carbocycles. The molecule has 2 aliphatic heterocycles. The zero-order valence-corrected chi connectivity index (χ0v) is 27.1. The Morgan fingerprint density at radius 3 is 2.23 bits per heavy atom. The van der Waals surface area contributed by atoms with Crippen molar-refractivity contribution in [3.63, 3.8) is 0 Å². The summed E-state index contributed by atoms with van der Waals surface area (Å²) in [4.78, 5) is 31.5. The van der Waals surface area contributed by atoms with Crippen LogP contribution in [0.5, 0.6) is 11.5 Å². The second-order valence-electron chi connectivity index (χ2n) is 12.4. The molecule has 1 N–H and O–H groups in total. The van der Waals surface area contributed by atoms with Crippen molar-refractivity contribution in [2.75, 3.05) is 39.2 Å². The smallest absolute Gasteiger partial charge is 0.319 e. The number of fused-ring (bicyclic) bond motifs is 1. The maximum Gasteiger partial charge on any atom is 0.319 e. The topological polar surface area (TPSA) is 82.6 Å². The monoisotopic (exact) mass is 619 g/mol. The molecule has 0 saturated carbocycles. The molecule has 44 heavy (non-hydrogen) atoms. The van der Waals surface area contributed by atoms with Crippen LogP contribution in [0.1, 0.15) is 61.9 Å². The number of aliphatic hydroxyl groups is 1. The third-order valence-electron chi connectivity index (χ3n) is 8.81. The van der Waals surface area contributed by atoms with Gasteiger partial charge in [-0.05, 0) is 98.2 Å². The first-order valence-electron chi connectivity index (χ1n) is 15.1. The third kappa shape index (κ3) is 6.24. The predicted molar refractivity (Wildman–Crippen MR) is 173 cm³/mol. The predicted octanol–water partition coefficient (Wildman–Crippen LogP) is 6.42. The normalized spacial score (nSPS) is 18.6. The Balaban J connectivity index is 1.48. The molecule has 0 spiro atoms. The lowest BCUT2D eigenvalue weighted by Gasteiger charge is -2.41. The summed E-state index contributed by atoms with van der Waals surface area (Å²) in [7, 11) is 5.11. The van der Waals surface area contributed by atoms with E-state index in [1.54, 1.807) is 26.1 Å². The minimum Gasteiger partial charge on any atom is -0.493 e. The number of urea groups is 1. The summed E-state index contributed by atoms with van der Waals surface area (Å²) in [6.07, 6.45) is 1.57. The second kappa shape index (κ2) is 12.7. The Morgan fingerprint density at radius 1 is 1.02 bits per heavy atom. The van der Waals surface area contributed by atoms with E-state index in [-0.39, 0.29) is 30.4 Å². The number of halogens is 1. The third-order valence-corrected chi connectivity index (χ3v) is 9.06. The molecule has 0 radical (unpaired) electrons. The van der Waals surface area contributed by atoms with Crippen LogP contribution in [-0.2, 0) is 16.8 Å². The van der Waals surface area contributed by atoms with E-state index in [1.165, 1.54) is 0 Å². The lowest BCUT2D eigenvalue weighted by atomic mass is 9.77. The minimum atomic E-state index is -1.08. The van der Waals surface area contributed by atoms with E-state index in [9.17, 15) is 14.7 Å². The highest BCUT2D eigenvalue weighted by atomic mass is 35.5. The second-order valence-corrected chi connectivity index (χ2v) is 12.8. The van der Waals surface area contributed by atoms with Gasteiger partial charge in [0, 0.05) is 37.9 Å². The number of hydrogen-bond acceptors (Lipinski definition) is 5. The molecule has 1 saturated heterocycles. The molecule has 3 aromatic rings. The zero-order valence-electron chi connectivity index (χ0n) is 26.3. The molecular weight excluding hydrogens is 578 g/mol. The number of hydrogen-bond donors (Lipinski definition) is 1. The molecule has 5 rings (SSSR count). The number of likely N-dealkylation sites (tertiary alicyclic amines) is 1. The van der Waals surface area contributed by atoms with Gasteiger partial charge in [-0.2, -0.15) is 0 Å². The maximum absolute atomic E-state index is 13.9. The van der Waals surface area contributed by atoms with Crippen LogP contribution in [0, 0.1) is 5.92 Å². The van der Waals surface area contributed by atoms with Gasteiger partial charge in [-0.25, -0.2) is 4.79 Å². The highest BCUT2D eigenvalue weighted by Crippen LogP contribution is 2.44. The maximum atomic E-state index is 13.9. The van der Waals surface area contributed by atoms with E-state index in [0.29, 0.717) is 42.5 Å². The Kier molecular flexibility index (Phi) is 9.14. The van der Waals surface area contributed by atoms with Gasteiger partial charge in [-0.3, -0.25) is 4.79 Å². The van der Waals surface area contributed by atoms with Gasteiger partial charge in [0.15, 0.2) is 11.5 Å². The zero-order chi connectivity index (χ0) is 31.8. The van der Waals surface area contributed by atoms with Crippen LogP contribution in [0.4, 0.5) is 10.5 Å². The molecule has 2 atom stereocenters. The van der Waals surface area contributed by atoms with Crippen molar-refractivity contribution in [2.45, 2.75) is 57.8 Å². The highest BCUT2D eigenvalue weighted by molar-refractivity contribution is 6.30. The van der Waals surface area contributed by atoms with Crippen LogP contribution < -0.4 is 14.4 Å². The number of piperidine rings is 1. The summed E-state index contributed by atoms with van der Waals surface area (Å²) in [6.45, 7) is 6.99. The molecule has 0 bridgehead atoms. The summed E-state index contributed by atoms with van der Waals surface area (Å²) in [6, 6.07) is 18.7. The summed E-state index contributed by atoms with van der Waals surface area (Å²) in [5.41, 5.74) is 3.19. The fraction of sp³-hybridized carbons (Fsp3) is 0.429. The average molecular weight is 620 g/mol. The molecule has 9 heteroatoms. The number of methoxy groups -OCH3 is 1. The van der Waals surface area contributed by atoms with Crippen LogP contribution in [0.3, 0.4) is 0 Å². The molecule has 2 aliphatic rings. The number of ether oxygens (including phenoxy) is 2. The Hall–Kier alpha value is -3.75. The largest absolute Gasteiger partial charge is 0.493 e. The number of nitrogens with zero attached hydrogens (tertiary/aromatic N) is 3. The first-order chi connectivity index (χ1) is 20.9. The molecule has 0 aliphatic carbocycles. The van der Waals surface area contributed by atoms with E-state index in [2.05, 4.69) is 0 Å². The quantitative estimate of drug-likeness (QED) is 0.330. The van der Waals surface area contributed by atoms with Crippen molar-refractivity contribution in [2.24, 2.45) is 5.92 Å². The van der Waals surface area contributed by atoms with E-state index in [1.807, 2.05) is 91.2 Å². The first kappa shape index (κ1) is 31.7. The Labute approximate surface area is 265 Å². The number of carbonyl (C=O) groups is 2. The van der Waals surface area contributed by atoms with Crippen molar-refractivity contribution in [1.29, 1.82) is 0 Å². The van der Waals surface area contributed by atoms with E-state index in [4.69, 9.17) is 21.1 Å². The van der Waals surface area contributed by atoms with E-state index >= 15 is 0 Å². The Bertz CT molecular complexity index is 1500. The van der Waals surface area contributed by atoms with Crippen molar-refractivity contribution < 1.29 is 24.2 Å². The number of rotatable bonds is 7. The molecule has 1 unspecified atom stereocenters. The van der Waals surface area contributed by atoms with Gasteiger partial charge in [-0.1, -0.05) is 35.9 Å². The van der Waals surface area contributed by atoms with Gasteiger partial charge in [-0.15, -0.1) is 0 Å². The van der Waals surface area contributed by atoms with Crippen molar-refractivity contribution in [3.8, 4) is 11.5 Å². The fourth-order valence-corrected chi connectivity index (χ4v) is 6.57. The van der Waals surface area contributed by atoms with Gasteiger partial charge in [0.25, 0.3) is 0 Å². The average Bonchev–Trinajstić information content (AvgIpc) is 3.00. The molecule has 1 fully saturated rings. The van der Waals surface area contributed by atoms with E-state index < -0.39 is 11.6 Å². The minimum absolute atomic E-state index is 0.000711. The van der Waals surface area contributed by atoms with Gasteiger partial charge >= 0.3 is 6.03 Å². The summed E-state index contributed by atoms with van der Waals surface area (Å²) >= 11 is 6.25. The summed E-state index contributed by atoms with van der Waals surface area (Å²) in [5, 5.41) is 12.3. The lowest BCUT2D eigenvalue weighted by molar-refractivity contribution is -0.118. The Morgan fingerprint density at radius 2 is 1.66 bits per heavy atom. The van der Waals surface area contributed by atoms with Crippen molar-refractivity contribution in [3.05, 3.63) is 87.9 Å². The van der Waals surface area contributed by atoms with Gasteiger partial charge in [0.2, 0.25) is 5.91 Å². The molecule has 8 nitrogen and oxygen atoms in total. The summed E-state index contributed by atoms with van der Waals surface area (Å²) < 4.78 is 11.7. The van der Waals surface area contributed by atoms with Gasteiger partial charge < -0.3 is 29.3 Å². The fourth-order valence-electron chi connectivity index (χ4n) is 6.44. The van der Waals surface area contributed by atoms with Crippen LogP contribution in [-0.4, -0.2) is 67.2 Å². The standard InChI is InChI=1S/C35H42ClN3O5/c1-22(2)44-31-21-29-24(19-30(31)43-6)20-32(40)39(33(29)23-7-11-27(36)12-8-23)28-13-9-25(10-14-28)35(3,42)26-15-17-38(18-16-26)34(41)37(4)5/h7-14,19,21-22,26,33,42H,15-18,20H2,1-6H3/t33-,35?/m0/s1. The van der Waals surface area contributed by atoms with E-state index in [0.717, 1.165) is 27.9 Å². The SMILES string of the molecule is COc1cc2c(cc1OC(C)C)[C@H](c1ccc(Cl)cc1)N(c1ccc(C(C)(O)C3CCN(C(=O)N(C)C)CC3)cc1)C(=O)C2. The van der Waals surface area contributed by atoms with Crippen LogP contribution in [0.15, 0.2) is 60.7 Å². The number of benzene rings is 3. The highest BCUT2D eigenvalue weighted by Gasteiger charge is 2.39. The van der Waals surface area contributed by atoms with Crippen molar-refractivity contribution in [1.82, 2.24) is 9.80 Å². The first-order valence-corrected chi connectivity index (χ1v) is 15.5. The molecular formula is C35H42ClN3O5. The number of amides is 3. The number of anilines is 1.